The van der Waals surface area contributed by atoms with Crippen LogP contribution in [0.5, 0.6) is 0 Å². The molecule has 4 nitrogen and oxygen atoms in total. The van der Waals surface area contributed by atoms with Crippen molar-refractivity contribution in [3.8, 4) is 0 Å². The fourth-order valence-electron chi connectivity index (χ4n) is 2.19. The second kappa shape index (κ2) is 5.32. The number of nitrogens with zero attached hydrogens (tertiary/aromatic N) is 1. The van der Waals surface area contributed by atoms with Crippen LogP contribution in [0.25, 0.3) is 0 Å². The number of hydrogen-bond acceptors (Lipinski definition) is 3. The van der Waals surface area contributed by atoms with Gasteiger partial charge in [-0.3, -0.25) is 9.69 Å². The molecule has 1 N–H and O–H groups in total. The summed E-state index contributed by atoms with van der Waals surface area (Å²) >= 11 is 0. The highest BCUT2D eigenvalue weighted by atomic mass is 16.5. The van der Waals surface area contributed by atoms with Crippen molar-refractivity contribution >= 4 is 5.97 Å². The molecule has 1 aliphatic heterocycles. The van der Waals surface area contributed by atoms with Crippen molar-refractivity contribution in [2.24, 2.45) is 0 Å². The molecule has 0 unspecified atom stereocenters. The zero-order valence-electron chi connectivity index (χ0n) is 8.90. The summed E-state index contributed by atoms with van der Waals surface area (Å²) in [5, 5.41) is 9.04. The maximum Gasteiger partial charge on any atom is 0.320 e. The first kappa shape index (κ1) is 11.5. The maximum atomic E-state index is 11.0. The van der Waals surface area contributed by atoms with Crippen LogP contribution in [-0.4, -0.2) is 48.3 Å². The van der Waals surface area contributed by atoms with E-state index in [1.54, 1.807) is 7.11 Å². The predicted octanol–water partition coefficient (Wildman–Crippen LogP) is 0.960. The highest BCUT2D eigenvalue weighted by Crippen LogP contribution is 2.21. The Hall–Kier alpha value is -0.610. The third-order valence-corrected chi connectivity index (χ3v) is 2.85. The van der Waals surface area contributed by atoms with Crippen molar-refractivity contribution in [1.29, 1.82) is 0 Å². The molecule has 1 rings (SSSR count). The summed E-state index contributed by atoms with van der Waals surface area (Å²) in [4.78, 5) is 13.0. The fraction of sp³-hybridized carbons (Fsp3) is 0.900. The van der Waals surface area contributed by atoms with Crippen LogP contribution in [0.3, 0.4) is 0 Å². The van der Waals surface area contributed by atoms with Gasteiger partial charge in [0.2, 0.25) is 0 Å². The largest absolute Gasteiger partial charge is 0.480 e. The summed E-state index contributed by atoms with van der Waals surface area (Å²) in [7, 11) is 1.66. The van der Waals surface area contributed by atoms with Gasteiger partial charge < -0.3 is 9.84 Å². The van der Waals surface area contributed by atoms with Gasteiger partial charge in [0.15, 0.2) is 0 Å². The minimum Gasteiger partial charge on any atom is -0.480 e. The van der Waals surface area contributed by atoms with Gasteiger partial charge in [-0.2, -0.15) is 0 Å². The Bertz CT molecular complexity index is 196. The Balaban J connectivity index is 2.59. The predicted molar refractivity (Wildman–Crippen MR) is 53.3 cm³/mol. The van der Waals surface area contributed by atoms with Crippen LogP contribution in [0.4, 0.5) is 0 Å². The molecule has 4 heteroatoms. The molecule has 1 fully saturated rings. The van der Waals surface area contributed by atoms with E-state index in [0.29, 0.717) is 19.1 Å². The van der Waals surface area contributed by atoms with E-state index in [1.807, 2.05) is 6.92 Å². The Morgan fingerprint density at radius 1 is 1.71 bits per heavy atom. The molecule has 0 aromatic carbocycles. The van der Waals surface area contributed by atoms with Gasteiger partial charge in [0, 0.05) is 13.2 Å². The third kappa shape index (κ3) is 2.45. The van der Waals surface area contributed by atoms with E-state index in [4.69, 9.17) is 9.84 Å². The number of ether oxygens (including phenoxy) is 1. The van der Waals surface area contributed by atoms with Gasteiger partial charge >= 0.3 is 5.97 Å². The monoisotopic (exact) mass is 201 g/mol. The highest BCUT2D eigenvalue weighted by Gasteiger charge is 2.33. The smallest absolute Gasteiger partial charge is 0.320 e. The van der Waals surface area contributed by atoms with Gasteiger partial charge in [0.25, 0.3) is 0 Å². The van der Waals surface area contributed by atoms with Crippen LogP contribution < -0.4 is 0 Å². The third-order valence-electron chi connectivity index (χ3n) is 2.85. The first-order valence-electron chi connectivity index (χ1n) is 5.18. The minimum atomic E-state index is -0.712. The fourth-order valence-corrected chi connectivity index (χ4v) is 2.19. The average molecular weight is 201 g/mol. The van der Waals surface area contributed by atoms with E-state index < -0.39 is 5.97 Å². The van der Waals surface area contributed by atoms with E-state index >= 15 is 0 Å². The first-order chi connectivity index (χ1) is 6.70. The normalized spacial score (nSPS) is 25.1. The van der Waals surface area contributed by atoms with Crippen molar-refractivity contribution < 1.29 is 14.6 Å². The molecule has 0 radical (unpaired) electrons. The van der Waals surface area contributed by atoms with Crippen molar-refractivity contribution in [2.45, 2.75) is 38.3 Å². The first-order valence-corrected chi connectivity index (χ1v) is 5.18. The average Bonchev–Trinajstić information content (AvgIpc) is 2.55. The number of methoxy groups -OCH3 is 1. The second-order valence-electron chi connectivity index (χ2n) is 3.75. The van der Waals surface area contributed by atoms with Crippen LogP contribution in [0, 0.1) is 0 Å². The van der Waals surface area contributed by atoms with E-state index in [9.17, 15) is 4.79 Å². The lowest BCUT2D eigenvalue weighted by molar-refractivity contribution is -0.144. The van der Waals surface area contributed by atoms with Crippen molar-refractivity contribution in [1.82, 2.24) is 4.90 Å². The standard InChI is InChI=1S/C10H19NO3/c1-3-9(10(12)13)11-6-4-5-8(11)7-14-2/h8-9H,3-7H2,1-2H3,(H,12,13)/t8-,9-/m1/s1. The quantitative estimate of drug-likeness (QED) is 0.719. The Morgan fingerprint density at radius 3 is 2.93 bits per heavy atom. The molecule has 14 heavy (non-hydrogen) atoms. The summed E-state index contributed by atoms with van der Waals surface area (Å²) < 4.78 is 5.10. The number of carboxylic acid groups (broad SMARTS) is 1. The molecule has 0 aliphatic carbocycles. The molecule has 82 valence electrons. The van der Waals surface area contributed by atoms with E-state index in [-0.39, 0.29) is 6.04 Å². The molecule has 0 bridgehead atoms. The molecule has 0 aromatic heterocycles. The molecule has 0 saturated carbocycles. The van der Waals surface area contributed by atoms with Gasteiger partial charge in [-0.25, -0.2) is 0 Å². The highest BCUT2D eigenvalue weighted by molar-refractivity contribution is 5.73. The van der Waals surface area contributed by atoms with Crippen molar-refractivity contribution in [3.63, 3.8) is 0 Å². The Labute approximate surface area is 84.8 Å². The minimum absolute atomic E-state index is 0.293. The van der Waals surface area contributed by atoms with Gasteiger partial charge in [-0.1, -0.05) is 6.92 Å². The number of carbonyl (C=O) groups is 1. The van der Waals surface area contributed by atoms with Crippen LogP contribution >= 0.6 is 0 Å². The van der Waals surface area contributed by atoms with E-state index in [0.717, 1.165) is 19.4 Å². The number of rotatable bonds is 5. The number of likely N-dealkylation sites (tertiary alicyclic amines) is 1. The van der Waals surface area contributed by atoms with Crippen LogP contribution in [-0.2, 0) is 9.53 Å². The number of aliphatic carboxylic acids is 1. The summed E-state index contributed by atoms with van der Waals surface area (Å²) in [6.07, 6.45) is 2.80. The van der Waals surface area contributed by atoms with Gasteiger partial charge in [0.05, 0.1) is 6.61 Å². The summed E-state index contributed by atoms with van der Waals surface area (Å²) in [6.45, 7) is 3.45. The molecule has 2 atom stereocenters. The SMILES string of the molecule is CC[C@H](C(=O)O)N1CCC[C@@H]1COC. The molecule has 1 heterocycles. The second-order valence-corrected chi connectivity index (χ2v) is 3.75. The molecule has 0 amide bonds. The van der Waals surface area contributed by atoms with E-state index in [2.05, 4.69) is 4.90 Å². The summed E-state index contributed by atoms with van der Waals surface area (Å²) in [6, 6.07) is -0.0429. The van der Waals surface area contributed by atoms with Crippen molar-refractivity contribution in [2.75, 3.05) is 20.3 Å². The Kier molecular flexibility index (Phi) is 4.35. The maximum absolute atomic E-state index is 11.0. The Morgan fingerprint density at radius 2 is 2.43 bits per heavy atom. The lowest BCUT2D eigenvalue weighted by Gasteiger charge is -2.29. The lowest BCUT2D eigenvalue weighted by Crippen LogP contribution is -2.45. The zero-order chi connectivity index (χ0) is 10.6. The molecule has 0 spiro atoms. The van der Waals surface area contributed by atoms with Crippen LogP contribution in [0.1, 0.15) is 26.2 Å². The van der Waals surface area contributed by atoms with Gasteiger partial charge in [0.1, 0.15) is 6.04 Å². The molecule has 0 aromatic rings. The zero-order valence-corrected chi connectivity index (χ0v) is 8.90. The molecular formula is C10H19NO3. The van der Waals surface area contributed by atoms with Crippen molar-refractivity contribution in [3.05, 3.63) is 0 Å². The van der Waals surface area contributed by atoms with Gasteiger partial charge in [-0.05, 0) is 25.8 Å². The molecular weight excluding hydrogens is 182 g/mol. The van der Waals surface area contributed by atoms with Crippen LogP contribution in [0.2, 0.25) is 0 Å². The number of carboxylic acids is 1. The van der Waals surface area contributed by atoms with Gasteiger partial charge in [-0.15, -0.1) is 0 Å². The van der Waals surface area contributed by atoms with Crippen LogP contribution in [0.15, 0.2) is 0 Å². The molecule has 1 aliphatic rings. The summed E-state index contributed by atoms with van der Waals surface area (Å²) in [5.74, 6) is -0.712. The van der Waals surface area contributed by atoms with E-state index in [1.165, 1.54) is 0 Å². The topological polar surface area (TPSA) is 49.8 Å². The number of hydrogen-bond donors (Lipinski definition) is 1. The lowest BCUT2D eigenvalue weighted by atomic mass is 10.1. The summed E-state index contributed by atoms with van der Waals surface area (Å²) in [5.41, 5.74) is 0. The molecule has 1 saturated heterocycles.